The number of hydrogen-bond donors (Lipinski definition) is 3. The number of rotatable bonds is 4. The SMILES string of the molecule is Nc1cccc(Cl)c1S(=O)(=O)NCC1(O)CCOC1. The highest BCUT2D eigenvalue weighted by Crippen LogP contribution is 2.27. The van der Waals surface area contributed by atoms with Crippen LogP contribution in [0.1, 0.15) is 6.42 Å². The Labute approximate surface area is 116 Å². The molecule has 1 aromatic carbocycles. The smallest absolute Gasteiger partial charge is 0.244 e. The number of nitrogens with one attached hydrogen (secondary N) is 1. The van der Waals surface area contributed by atoms with E-state index in [0.29, 0.717) is 13.0 Å². The predicted molar refractivity (Wildman–Crippen MR) is 71.4 cm³/mol. The van der Waals surface area contributed by atoms with E-state index in [0.717, 1.165) is 0 Å². The lowest BCUT2D eigenvalue weighted by atomic mass is 10.1. The van der Waals surface area contributed by atoms with Crippen molar-refractivity contribution in [3.8, 4) is 0 Å². The molecule has 0 aromatic heterocycles. The molecule has 0 aliphatic carbocycles. The van der Waals surface area contributed by atoms with Crippen LogP contribution in [0.5, 0.6) is 0 Å². The van der Waals surface area contributed by atoms with Crippen LogP contribution in [-0.4, -0.2) is 38.9 Å². The molecule has 1 saturated heterocycles. The van der Waals surface area contributed by atoms with Crippen LogP contribution < -0.4 is 10.5 Å². The van der Waals surface area contributed by atoms with Crippen molar-refractivity contribution in [1.82, 2.24) is 4.72 Å². The monoisotopic (exact) mass is 306 g/mol. The number of nitrogens with two attached hydrogens (primary N) is 1. The van der Waals surface area contributed by atoms with Gasteiger partial charge in [-0.15, -0.1) is 0 Å². The molecule has 8 heteroatoms. The van der Waals surface area contributed by atoms with E-state index in [2.05, 4.69) is 4.72 Å². The van der Waals surface area contributed by atoms with Crippen molar-refractivity contribution >= 4 is 27.3 Å². The topological polar surface area (TPSA) is 102 Å². The first kappa shape index (κ1) is 14.5. The van der Waals surface area contributed by atoms with Crippen LogP contribution >= 0.6 is 11.6 Å². The molecule has 0 saturated carbocycles. The summed E-state index contributed by atoms with van der Waals surface area (Å²) < 4.78 is 31.7. The number of hydrogen-bond acceptors (Lipinski definition) is 5. The van der Waals surface area contributed by atoms with E-state index in [1.54, 1.807) is 6.07 Å². The highest BCUT2D eigenvalue weighted by Gasteiger charge is 2.34. The summed E-state index contributed by atoms with van der Waals surface area (Å²) in [6, 6.07) is 4.46. The molecule has 1 unspecified atom stereocenters. The number of halogens is 1. The summed E-state index contributed by atoms with van der Waals surface area (Å²) in [5.74, 6) is 0. The van der Waals surface area contributed by atoms with Gasteiger partial charge in [-0.05, 0) is 12.1 Å². The summed E-state index contributed by atoms with van der Waals surface area (Å²) in [7, 11) is -3.87. The van der Waals surface area contributed by atoms with E-state index in [9.17, 15) is 13.5 Å². The van der Waals surface area contributed by atoms with Gasteiger partial charge in [0.2, 0.25) is 10.0 Å². The van der Waals surface area contributed by atoms with Gasteiger partial charge >= 0.3 is 0 Å². The van der Waals surface area contributed by atoms with Gasteiger partial charge in [0, 0.05) is 19.6 Å². The number of sulfonamides is 1. The second-order valence-corrected chi connectivity index (χ2v) is 6.62. The Hall–Kier alpha value is -0.860. The Morgan fingerprint density at radius 2 is 2.26 bits per heavy atom. The van der Waals surface area contributed by atoms with E-state index in [4.69, 9.17) is 22.1 Å². The van der Waals surface area contributed by atoms with Crippen LogP contribution in [0.25, 0.3) is 0 Å². The molecule has 1 fully saturated rings. The largest absolute Gasteiger partial charge is 0.398 e. The Kier molecular flexibility index (Phi) is 4.03. The average molecular weight is 307 g/mol. The van der Waals surface area contributed by atoms with Gasteiger partial charge in [-0.2, -0.15) is 0 Å². The summed E-state index contributed by atoms with van der Waals surface area (Å²) in [4.78, 5) is -0.167. The molecule has 4 N–H and O–H groups in total. The third-order valence-electron chi connectivity index (χ3n) is 2.94. The van der Waals surface area contributed by atoms with Crippen LogP contribution in [0.4, 0.5) is 5.69 Å². The van der Waals surface area contributed by atoms with Crippen LogP contribution in [0.15, 0.2) is 23.1 Å². The van der Waals surface area contributed by atoms with Gasteiger partial charge in [0.25, 0.3) is 0 Å². The molecule has 0 amide bonds. The van der Waals surface area contributed by atoms with Gasteiger partial charge in [-0.3, -0.25) is 0 Å². The van der Waals surface area contributed by atoms with Crippen LogP contribution in [-0.2, 0) is 14.8 Å². The maximum atomic E-state index is 12.1. The number of anilines is 1. The van der Waals surface area contributed by atoms with Gasteiger partial charge in [-0.1, -0.05) is 17.7 Å². The molecule has 1 heterocycles. The first-order chi connectivity index (χ1) is 8.84. The Morgan fingerprint density at radius 1 is 1.53 bits per heavy atom. The fourth-order valence-corrected chi connectivity index (χ4v) is 3.64. The lowest BCUT2D eigenvalue weighted by molar-refractivity contribution is 0.0314. The van der Waals surface area contributed by atoms with Crippen molar-refractivity contribution < 1.29 is 18.3 Å². The summed E-state index contributed by atoms with van der Waals surface area (Å²) in [6.07, 6.45) is 0.382. The zero-order chi connectivity index (χ0) is 14.1. The van der Waals surface area contributed by atoms with Crippen LogP contribution in [0.3, 0.4) is 0 Å². The maximum Gasteiger partial charge on any atom is 0.244 e. The minimum atomic E-state index is -3.87. The van der Waals surface area contributed by atoms with Crippen molar-refractivity contribution in [2.24, 2.45) is 0 Å². The van der Waals surface area contributed by atoms with Gasteiger partial charge in [0.05, 0.1) is 17.3 Å². The number of ether oxygens (including phenoxy) is 1. The third kappa shape index (κ3) is 3.18. The highest BCUT2D eigenvalue weighted by atomic mass is 35.5. The minimum Gasteiger partial charge on any atom is -0.398 e. The van der Waals surface area contributed by atoms with Gasteiger partial charge in [0.15, 0.2) is 0 Å². The maximum absolute atomic E-state index is 12.1. The van der Waals surface area contributed by atoms with E-state index >= 15 is 0 Å². The van der Waals surface area contributed by atoms with Crippen molar-refractivity contribution in [3.63, 3.8) is 0 Å². The first-order valence-electron chi connectivity index (χ1n) is 5.68. The van der Waals surface area contributed by atoms with E-state index in [1.807, 2.05) is 0 Å². The van der Waals surface area contributed by atoms with Crippen molar-refractivity contribution in [2.45, 2.75) is 16.9 Å². The summed E-state index contributed by atoms with van der Waals surface area (Å²) >= 11 is 5.86. The molecule has 6 nitrogen and oxygen atoms in total. The Morgan fingerprint density at radius 3 is 2.84 bits per heavy atom. The minimum absolute atomic E-state index is 0.0437. The Bertz CT molecular complexity index is 550. The van der Waals surface area contributed by atoms with Gasteiger partial charge < -0.3 is 15.6 Å². The lowest BCUT2D eigenvalue weighted by Gasteiger charge is -2.21. The summed E-state index contributed by atoms with van der Waals surface area (Å²) in [5, 5.41) is 10.1. The predicted octanol–water partition coefficient (Wildman–Crippen LogP) is 0.352. The lowest BCUT2D eigenvalue weighted by Crippen LogP contribution is -2.43. The fourth-order valence-electron chi connectivity index (χ4n) is 1.85. The number of nitrogen functional groups attached to an aromatic ring is 1. The molecular formula is C11H15ClN2O4S. The molecule has 0 bridgehead atoms. The zero-order valence-corrected chi connectivity index (χ0v) is 11.7. The highest BCUT2D eigenvalue weighted by molar-refractivity contribution is 7.89. The summed E-state index contributed by atoms with van der Waals surface area (Å²) in [5.41, 5.74) is 4.52. The number of benzene rings is 1. The molecule has 1 atom stereocenters. The zero-order valence-electron chi connectivity index (χ0n) is 10.1. The normalized spacial score (nSPS) is 23.7. The first-order valence-corrected chi connectivity index (χ1v) is 7.54. The molecule has 2 rings (SSSR count). The summed E-state index contributed by atoms with van der Waals surface area (Å²) in [6.45, 7) is 0.375. The molecule has 0 spiro atoms. The van der Waals surface area contributed by atoms with Crippen molar-refractivity contribution in [1.29, 1.82) is 0 Å². The molecule has 106 valence electrons. The quantitative estimate of drug-likeness (QED) is 0.697. The van der Waals surface area contributed by atoms with Gasteiger partial charge in [-0.25, -0.2) is 13.1 Å². The molecule has 1 aliphatic rings. The molecule has 1 aromatic rings. The standard InChI is InChI=1S/C11H15ClN2O4S/c12-8-2-1-3-9(13)10(8)19(16,17)14-6-11(15)4-5-18-7-11/h1-3,14-15H,4-7,13H2. The van der Waals surface area contributed by atoms with E-state index in [-0.39, 0.29) is 28.8 Å². The molecule has 1 aliphatic heterocycles. The van der Waals surface area contributed by atoms with Gasteiger partial charge in [0.1, 0.15) is 10.5 Å². The fraction of sp³-hybridized carbons (Fsp3) is 0.455. The molecule has 19 heavy (non-hydrogen) atoms. The van der Waals surface area contributed by atoms with Crippen molar-refractivity contribution in [2.75, 3.05) is 25.5 Å². The van der Waals surface area contributed by atoms with Crippen LogP contribution in [0.2, 0.25) is 5.02 Å². The van der Waals surface area contributed by atoms with E-state index < -0.39 is 15.6 Å². The van der Waals surface area contributed by atoms with Crippen LogP contribution in [0, 0.1) is 0 Å². The molecule has 0 radical (unpaired) electrons. The second-order valence-electron chi connectivity index (χ2n) is 4.51. The Balaban J connectivity index is 2.19. The average Bonchev–Trinajstić information content (AvgIpc) is 2.74. The number of aliphatic hydroxyl groups is 1. The second kappa shape index (κ2) is 5.26. The van der Waals surface area contributed by atoms with Crippen molar-refractivity contribution in [3.05, 3.63) is 23.2 Å². The molecular weight excluding hydrogens is 292 g/mol. The third-order valence-corrected chi connectivity index (χ3v) is 4.88. The van der Waals surface area contributed by atoms with E-state index in [1.165, 1.54) is 12.1 Å².